The molecule has 1 aliphatic heterocycles. The Morgan fingerprint density at radius 3 is 2.50 bits per heavy atom. The van der Waals surface area contributed by atoms with E-state index < -0.39 is 11.7 Å². The van der Waals surface area contributed by atoms with E-state index >= 15 is 0 Å². The highest BCUT2D eigenvalue weighted by molar-refractivity contribution is 8.27. The summed E-state index contributed by atoms with van der Waals surface area (Å²) in [5, 5.41) is 3.43. The lowest BCUT2D eigenvalue weighted by Gasteiger charge is -2.14. The SMILES string of the molecule is COc1cc(/C=C2\SC(=S)N(c3ccc(F)cc3)C2=O)cc(Cl)c1OCC(=O)Nc1ccc(Cl)cc1. The second kappa shape index (κ2) is 11.3. The van der Waals surface area contributed by atoms with Crippen LogP contribution in [0.25, 0.3) is 6.08 Å². The van der Waals surface area contributed by atoms with Crippen LogP contribution in [0.1, 0.15) is 5.56 Å². The number of benzene rings is 3. The minimum absolute atomic E-state index is 0.182. The Hall–Kier alpha value is -3.11. The first-order valence-corrected chi connectivity index (χ1v) is 12.3. The fourth-order valence-corrected chi connectivity index (χ4v) is 4.96. The number of thiocarbonyl (C=S) groups is 1. The molecule has 1 heterocycles. The first-order chi connectivity index (χ1) is 17.2. The number of amides is 2. The summed E-state index contributed by atoms with van der Waals surface area (Å²) >= 11 is 18.7. The van der Waals surface area contributed by atoms with E-state index in [9.17, 15) is 14.0 Å². The van der Waals surface area contributed by atoms with Crippen molar-refractivity contribution in [1.82, 2.24) is 0 Å². The molecular weight excluding hydrogens is 546 g/mol. The van der Waals surface area contributed by atoms with Crippen LogP contribution in [0.3, 0.4) is 0 Å². The summed E-state index contributed by atoms with van der Waals surface area (Å²) in [4.78, 5) is 26.9. The molecular formula is C25H17Cl2FN2O4S2. The van der Waals surface area contributed by atoms with Crippen LogP contribution in [-0.2, 0) is 9.59 Å². The van der Waals surface area contributed by atoms with Crippen molar-refractivity contribution in [3.8, 4) is 11.5 Å². The molecule has 0 saturated carbocycles. The zero-order chi connectivity index (χ0) is 25.8. The second-order valence-electron chi connectivity index (χ2n) is 7.37. The molecule has 1 fully saturated rings. The monoisotopic (exact) mass is 562 g/mol. The predicted octanol–water partition coefficient (Wildman–Crippen LogP) is 6.56. The molecule has 0 radical (unpaired) electrons. The van der Waals surface area contributed by atoms with Crippen molar-refractivity contribution in [1.29, 1.82) is 0 Å². The third-order valence-electron chi connectivity index (χ3n) is 4.90. The molecule has 4 rings (SSSR count). The van der Waals surface area contributed by atoms with Crippen molar-refractivity contribution in [2.45, 2.75) is 0 Å². The molecule has 3 aromatic carbocycles. The van der Waals surface area contributed by atoms with E-state index in [1.165, 1.54) is 36.3 Å². The van der Waals surface area contributed by atoms with Crippen LogP contribution in [0.5, 0.6) is 11.5 Å². The highest BCUT2D eigenvalue weighted by Crippen LogP contribution is 2.40. The van der Waals surface area contributed by atoms with Gasteiger partial charge in [0.05, 0.1) is 22.7 Å². The summed E-state index contributed by atoms with van der Waals surface area (Å²) in [6.45, 7) is -0.311. The Morgan fingerprint density at radius 2 is 1.83 bits per heavy atom. The van der Waals surface area contributed by atoms with Crippen LogP contribution in [0.2, 0.25) is 10.0 Å². The molecule has 0 unspecified atom stereocenters. The largest absolute Gasteiger partial charge is 0.493 e. The highest BCUT2D eigenvalue weighted by atomic mass is 35.5. The number of ether oxygens (including phenoxy) is 2. The van der Waals surface area contributed by atoms with Crippen LogP contribution < -0.4 is 19.7 Å². The number of nitrogens with zero attached hydrogens (tertiary/aromatic N) is 1. The average molecular weight is 563 g/mol. The van der Waals surface area contributed by atoms with Gasteiger partial charge in [0.2, 0.25) is 0 Å². The van der Waals surface area contributed by atoms with Crippen LogP contribution in [-0.4, -0.2) is 29.9 Å². The Kier molecular flexibility index (Phi) is 8.15. The number of hydrogen-bond donors (Lipinski definition) is 1. The molecule has 184 valence electrons. The summed E-state index contributed by atoms with van der Waals surface area (Å²) in [6, 6.07) is 15.4. The molecule has 0 aromatic heterocycles. The lowest BCUT2D eigenvalue weighted by Crippen LogP contribution is -2.27. The maximum atomic E-state index is 13.3. The average Bonchev–Trinajstić information content (AvgIpc) is 3.12. The Labute approximate surface area is 226 Å². The molecule has 11 heteroatoms. The third-order valence-corrected chi connectivity index (χ3v) is 6.74. The standard InChI is InChI=1S/C25H17Cl2FN2O4S2/c1-33-20-11-14(12-21-24(32)30(25(35)36-21)18-8-4-16(28)5-9-18)10-19(27)23(20)34-13-22(31)29-17-6-2-15(26)3-7-17/h2-12H,13H2,1H3,(H,29,31)/b21-12-. The molecule has 0 bridgehead atoms. The zero-order valence-corrected chi connectivity index (χ0v) is 21.7. The maximum Gasteiger partial charge on any atom is 0.270 e. The zero-order valence-electron chi connectivity index (χ0n) is 18.6. The fourth-order valence-electron chi connectivity index (χ4n) is 3.26. The van der Waals surface area contributed by atoms with Gasteiger partial charge in [-0.1, -0.05) is 47.2 Å². The van der Waals surface area contributed by atoms with E-state index in [4.69, 9.17) is 44.9 Å². The van der Waals surface area contributed by atoms with Gasteiger partial charge in [-0.25, -0.2) is 4.39 Å². The summed E-state index contributed by atoms with van der Waals surface area (Å²) in [5.41, 5.74) is 1.60. The Bertz CT molecular complexity index is 1370. The van der Waals surface area contributed by atoms with Gasteiger partial charge in [-0.05, 0) is 72.3 Å². The summed E-state index contributed by atoms with van der Waals surface area (Å²) in [7, 11) is 1.43. The van der Waals surface area contributed by atoms with E-state index in [0.29, 0.717) is 31.2 Å². The van der Waals surface area contributed by atoms with Crippen molar-refractivity contribution in [3.05, 3.63) is 87.0 Å². The van der Waals surface area contributed by atoms with E-state index in [1.807, 2.05) is 0 Å². The van der Waals surface area contributed by atoms with Gasteiger partial charge >= 0.3 is 0 Å². The van der Waals surface area contributed by atoms with Gasteiger partial charge in [-0.2, -0.15) is 0 Å². The lowest BCUT2D eigenvalue weighted by atomic mass is 10.1. The molecule has 0 aliphatic carbocycles. The Morgan fingerprint density at radius 1 is 1.14 bits per heavy atom. The summed E-state index contributed by atoms with van der Waals surface area (Å²) < 4.78 is 24.6. The van der Waals surface area contributed by atoms with Gasteiger partial charge in [-0.3, -0.25) is 14.5 Å². The maximum absolute atomic E-state index is 13.3. The van der Waals surface area contributed by atoms with Crippen molar-refractivity contribution >= 4 is 80.8 Å². The van der Waals surface area contributed by atoms with Gasteiger partial charge in [0, 0.05) is 10.7 Å². The smallest absolute Gasteiger partial charge is 0.270 e. The van der Waals surface area contributed by atoms with Crippen LogP contribution in [0.15, 0.2) is 65.6 Å². The van der Waals surface area contributed by atoms with E-state index in [1.54, 1.807) is 42.5 Å². The van der Waals surface area contributed by atoms with Crippen molar-refractivity contribution in [3.63, 3.8) is 0 Å². The molecule has 1 N–H and O–H groups in total. The normalized spacial score (nSPS) is 14.3. The fraction of sp³-hybridized carbons (Fsp3) is 0.0800. The molecule has 2 amide bonds. The first-order valence-electron chi connectivity index (χ1n) is 10.3. The predicted molar refractivity (Wildman–Crippen MR) is 146 cm³/mol. The van der Waals surface area contributed by atoms with E-state index in [2.05, 4.69) is 5.32 Å². The number of rotatable bonds is 7. The lowest BCUT2D eigenvalue weighted by molar-refractivity contribution is -0.118. The van der Waals surface area contributed by atoms with Crippen LogP contribution in [0, 0.1) is 5.82 Å². The summed E-state index contributed by atoms with van der Waals surface area (Å²) in [6.07, 6.45) is 1.62. The number of nitrogens with one attached hydrogen (secondary N) is 1. The molecule has 36 heavy (non-hydrogen) atoms. The minimum atomic E-state index is -0.411. The second-order valence-corrected chi connectivity index (χ2v) is 9.89. The van der Waals surface area contributed by atoms with E-state index in [-0.39, 0.29) is 29.0 Å². The third kappa shape index (κ3) is 5.99. The van der Waals surface area contributed by atoms with Gasteiger partial charge in [0.25, 0.3) is 11.8 Å². The number of hydrogen-bond acceptors (Lipinski definition) is 6. The number of thioether (sulfide) groups is 1. The summed E-state index contributed by atoms with van der Waals surface area (Å²) in [5.74, 6) is -0.690. The Balaban J connectivity index is 1.49. The van der Waals surface area contributed by atoms with Gasteiger partial charge in [-0.15, -0.1) is 0 Å². The van der Waals surface area contributed by atoms with Crippen LogP contribution in [0.4, 0.5) is 15.8 Å². The molecule has 1 aliphatic rings. The molecule has 0 atom stereocenters. The van der Waals surface area contributed by atoms with Gasteiger partial charge < -0.3 is 14.8 Å². The highest BCUT2D eigenvalue weighted by Gasteiger charge is 2.33. The number of halogens is 3. The van der Waals surface area contributed by atoms with Gasteiger partial charge in [0.1, 0.15) is 5.82 Å². The van der Waals surface area contributed by atoms with Crippen molar-refractivity contribution in [2.24, 2.45) is 0 Å². The van der Waals surface area contributed by atoms with E-state index in [0.717, 1.165) is 11.8 Å². The number of anilines is 2. The minimum Gasteiger partial charge on any atom is -0.493 e. The molecule has 6 nitrogen and oxygen atoms in total. The first kappa shape index (κ1) is 26.0. The molecule has 3 aromatic rings. The molecule has 1 saturated heterocycles. The topological polar surface area (TPSA) is 67.9 Å². The quantitative estimate of drug-likeness (QED) is 0.259. The number of methoxy groups -OCH3 is 1. The van der Waals surface area contributed by atoms with Crippen LogP contribution >= 0.6 is 47.2 Å². The van der Waals surface area contributed by atoms with Gasteiger partial charge in [0.15, 0.2) is 22.4 Å². The van der Waals surface area contributed by atoms with Crippen molar-refractivity contribution in [2.75, 3.05) is 23.9 Å². The molecule has 0 spiro atoms. The van der Waals surface area contributed by atoms with Crippen molar-refractivity contribution < 1.29 is 23.5 Å². The number of carbonyl (C=O) groups excluding carboxylic acids is 2. The number of carbonyl (C=O) groups is 2.